The van der Waals surface area contributed by atoms with Crippen LogP contribution in [0.2, 0.25) is 5.02 Å². The van der Waals surface area contributed by atoms with Gasteiger partial charge >= 0.3 is 0 Å². The molecule has 188 valence electrons. The monoisotopic (exact) mass is 508 g/mol. The third kappa shape index (κ3) is 5.36. The number of ether oxygens (including phenoxy) is 1. The minimum Gasteiger partial charge on any atom is -0.494 e. The minimum atomic E-state index is -0.666. The van der Waals surface area contributed by atoms with Crippen LogP contribution in [-0.4, -0.2) is 62.9 Å². The summed E-state index contributed by atoms with van der Waals surface area (Å²) < 4.78 is 7.63. The molecule has 1 spiro atoms. The molecule has 0 radical (unpaired) electrons. The number of benzene rings is 1. The summed E-state index contributed by atoms with van der Waals surface area (Å²) in [5, 5.41) is 12.1. The first-order chi connectivity index (χ1) is 17.5. The molecular formula is C26H29ClN6O3. The highest BCUT2D eigenvalue weighted by atomic mass is 35.5. The van der Waals surface area contributed by atoms with Crippen LogP contribution in [0, 0.1) is 5.41 Å². The highest BCUT2D eigenvalue weighted by molar-refractivity contribution is 6.33. The number of hydrogen-bond donors (Lipinski definition) is 1. The maximum absolute atomic E-state index is 13.6. The summed E-state index contributed by atoms with van der Waals surface area (Å²) in [7, 11) is 0. The van der Waals surface area contributed by atoms with Gasteiger partial charge in [-0.1, -0.05) is 28.9 Å². The number of aromatic nitrogens is 4. The van der Waals surface area contributed by atoms with Crippen molar-refractivity contribution in [2.24, 2.45) is 5.41 Å². The van der Waals surface area contributed by atoms with E-state index in [9.17, 15) is 9.59 Å². The molecule has 0 aliphatic carbocycles. The van der Waals surface area contributed by atoms with Crippen LogP contribution in [0.3, 0.4) is 0 Å². The second-order valence-electron chi connectivity index (χ2n) is 9.43. The van der Waals surface area contributed by atoms with E-state index < -0.39 is 5.41 Å². The van der Waals surface area contributed by atoms with Crippen molar-refractivity contribution in [2.75, 3.05) is 26.2 Å². The number of rotatable bonds is 1. The van der Waals surface area contributed by atoms with E-state index in [2.05, 4.69) is 20.6 Å². The number of halogens is 1. The molecule has 1 aromatic carbocycles. The Labute approximate surface area is 214 Å². The molecule has 36 heavy (non-hydrogen) atoms. The Hall–Kier alpha value is -3.46. The van der Waals surface area contributed by atoms with Gasteiger partial charge in [0.05, 0.1) is 28.3 Å². The fourth-order valence-electron chi connectivity index (χ4n) is 4.89. The van der Waals surface area contributed by atoms with E-state index in [1.807, 2.05) is 30.5 Å². The van der Waals surface area contributed by atoms with Crippen LogP contribution in [-0.2, 0) is 24.2 Å². The lowest BCUT2D eigenvalue weighted by atomic mass is 9.73. The van der Waals surface area contributed by atoms with Crippen molar-refractivity contribution in [3.05, 3.63) is 70.8 Å². The second kappa shape index (κ2) is 10.7. The van der Waals surface area contributed by atoms with Crippen LogP contribution >= 0.6 is 11.6 Å². The second-order valence-corrected chi connectivity index (χ2v) is 9.84. The summed E-state index contributed by atoms with van der Waals surface area (Å²) in [6.45, 7) is 2.71. The van der Waals surface area contributed by atoms with E-state index in [4.69, 9.17) is 16.3 Å². The van der Waals surface area contributed by atoms with E-state index in [1.165, 1.54) is 6.20 Å². The highest BCUT2D eigenvalue weighted by Crippen LogP contribution is 2.36. The molecule has 6 rings (SSSR count). The molecule has 0 unspecified atom stereocenters. The van der Waals surface area contributed by atoms with Crippen LogP contribution in [0.5, 0.6) is 5.75 Å². The summed E-state index contributed by atoms with van der Waals surface area (Å²) in [6, 6.07) is 9.63. The van der Waals surface area contributed by atoms with Gasteiger partial charge in [0.1, 0.15) is 5.75 Å². The van der Waals surface area contributed by atoms with E-state index >= 15 is 0 Å². The zero-order chi connectivity index (χ0) is 25.0. The van der Waals surface area contributed by atoms with Crippen LogP contribution in [0.25, 0.3) is 0 Å². The number of carbonyl (C=O) groups excluding carboxylic acids is 2. The lowest BCUT2D eigenvalue weighted by Gasteiger charge is -2.40. The molecule has 9 nitrogen and oxygen atoms in total. The lowest BCUT2D eigenvalue weighted by molar-refractivity contribution is -0.133. The molecule has 0 saturated carbocycles. The molecule has 2 amide bonds. The fourth-order valence-corrected chi connectivity index (χ4v) is 5.09. The molecule has 3 aliphatic heterocycles. The van der Waals surface area contributed by atoms with Gasteiger partial charge in [-0.15, -0.1) is 5.10 Å². The highest BCUT2D eigenvalue weighted by Gasteiger charge is 2.43. The predicted molar refractivity (Wildman–Crippen MR) is 134 cm³/mol. The number of fused-ring (bicyclic) bond motifs is 8. The maximum Gasteiger partial charge on any atom is 0.255 e. The molecular weight excluding hydrogens is 480 g/mol. The topological polar surface area (TPSA) is 102 Å². The summed E-state index contributed by atoms with van der Waals surface area (Å²) in [5.41, 5.74) is 1.68. The molecule has 10 heteroatoms. The summed E-state index contributed by atoms with van der Waals surface area (Å²) >= 11 is 6.20. The molecule has 1 N–H and O–H groups in total. The zero-order valence-corrected chi connectivity index (χ0v) is 20.8. The third-order valence-corrected chi connectivity index (χ3v) is 7.32. The van der Waals surface area contributed by atoms with Crippen molar-refractivity contribution >= 4 is 23.4 Å². The smallest absolute Gasteiger partial charge is 0.255 e. The molecule has 4 bridgehead atoms. The van der Waals surface area contributed by atoms with Gasteiger partial charge in [0.15, 0.2) is 0 Å². The quantitative estimate of drug-likeness (QED) is 0.542. The summed E-state index contributed by atoms with van der Waals surface area (Å²) in [4.78, 5) is 32.4. The molecule has 2 aromatic heterocycles. The Morgan fingerprint density at radius 2 is 1.92 bits per heavy atom. The van der Waals surface area contributed by atoms with Gasteiger partial charge in [-0.2, -0.15) is 0 Å². The lowest BCUT2D eigenvalue weighted by Crippen LogP contribution is -2.51. The van der Waals surface area contributed by atoms with Gasteiger partial charge in [0, 0.05) is 57.6 Å². The molecule has 5 heterocycles. The maximum atomic E-state index is 13.6. The number of hydrogen-bond acceptors (Lipinski definition) is 6. The summed E-state index contributed by atoms with van der Waals surface area (Å²) in [5.74, 6) is 0.689. The number of pyridine rings is 1. The Morgan fingerprint density at radius 3 is 2.69 bits per heavy atom. The number of amides is 2. The van der Waals surface area contributed by atoms with Crippen molar-refractivity contribution in [3.8, 4) is 5.75 Å². The standard InChI is InChI=1S/C26H29ClN6O3/c27-23-17-28-10-7-22(23)24(34)32-13-8-26(9-14-32)16-20-18-33(31-30-20)12-1-15-36-21-4-2-19(3-5-21)6-11-29-25(26)35/h2-5,7,10,17-18H,1,6,8-9,11-16H2,(H,29,35). The first-order valence-electron chi connectivity index (χ1n) is 12.3. The molecule has 3 aromatic rings. The van der Waals surface area contributed by atoms with Crippen LogP contribution in [0.4, 0.5) is 0 Å². The Morgan fingerprint density at radius 1 is 1.11 bits per heavy atom. The van der Waals surface area contributed by atoms with Gasteiger partial charge in [0.2, 0.25) is 5.91 Å². The zero-order valence-electron chi connectivity index (χ0n) is 20.0. The van der Waals surface area contributed by atoms with Crippen molar-refractivity contribution in [3.63, 3.8) is 0 Å². The Bertz CT molecular complexity index is 1220. The van der Waals surface area contributed by atoms with Crippen molar-refractivity contribution in [1.29, 1.82) is 0 Å². The van der Waals surface area contributed by atoms with E-state index in [1.54, 1.807) is 21.8 Å². The largest absolute Gasteiger partial charge is 0.494 e. The Kier molecular flexibility index (Phi) is 7.18. The average Bonchev–Trinajstić information content (AvgIpc) is 3.34. The van der Waals surface area contributed by atoms with E-state index in [-0.39, 0.29) is 11.8 Å². The fraction of sp³-hybridized carbons (Fsp3) is 0.423. The van der Waals surface area contributed by atoms with Gasteiger partial charge in [0.25, 0.3) is 5.91 Å². The van der Waals surface area contributed by atoms with Gasteiger partial charge in [-0.05, 0) is 43.0 Å². The van der Waals surface area contributed by atoms with Gasteiger partial charge in [-0.25, -0.2) is 0 Å². The SMILES string of the molecule is O=C(c1ccncc1Cl)N1CCC2(CC1)Cc1cn(nn1)CCCOc1ccc(cc1)CCNC2=O. The van der Waals surface area contributed by atoms with Crippen molar-refractivity contribution in [2.45, 2.75) is 38.6 Å². The number of nitrogens with zero attached hydrogens (tertiary/aromatic N) is 5. The number of likely N-dealkylation sites (tertiary alicyclic amines) is 1. The molecule has 1 saturated heterocycles. The third-order valence-electron chi connectivity index (χ3n) is 7.02. The van der Waals surface area contributed by atoms with Crippen LogP contribution in [0.15, 0.2) is 48.9 Å². The van der Waals surface area contributed by atoms with Gasteiger partial charge < -0.3 is 15.0 Å². The predicted octanol–water partition coefficient (Wildman–Crippen LogP) is 2.93. The normalized spacial score (nSPS) is 18.4. The van der Waals surface area contributed by atoms with Crippen molar-refractivity contribution in [1.82, 2.24) is 30.2 Å². The number of aryl methyl sites for hydroxylation is 1. The summed E-state index contributed by atoms with van der Waals surface area (Å²) in [6.07, 6.45) is 8.00. The van der Waals surface area contributed by atoms with E-state index in [0.717, 1.165) is 29.8 Å². The number of carbonyl (C=O) groups is 2. The van der Waals surface area contributed by atoms with Crippen molar-refractivity contribution < 1.29 is 14.3 Å². The number of piperidine rings is 1. The number of nitrogens with one attached hydrogen (secondary N) is 1. The van der Waals surface area contributed by atoms with Crippen LogP contribution < -0.4 is 10.1 Å². The Balaban J connectivity index is 1.34. The molecule has 0 atom stereocenters. The molecule has 1 fully saturated rings. The van der Waals surface area contributed by atoms with Crippen LogP contribution in [0.1, 0.15) is 40.9 Å². The first kappa shape index (κ1) is 24.2. The van der Waals surface area contributed by atoms with Gasteiger partial charge in [-0.3, -0.25) is 19.3 Å². The first-order valence-corrected chi connectivity index (χ1v) is 12.7. The average molecular weight is 509 g/mol. The minimum absolute atomic E-state index is 0.00429. The van der Waals surface area contributed by atoms with E-state index in [0.29, 0.717) is 62.6 Å². The molecule has 3 aliphatic rings.